The number of phenolic OH excluding ortho intramolecular Hbond substituents is 1. The first-order valence-electron chi connectivity index (χ1n) is 6.87. The Balaban J connectivity index is 1.89. The maximum absolute atomic E-state index is 11.7. The highest BCUT2D eigenvalue weighted by Crippen LogP contribution is 2.11. The predicted molar refractivity (Wildman–Crippen MR) is 80.8 cm³/mol. The zero-order chi connectivity index (χ0) is 16.7. The zero-order valence-corrected chi connectivity index (χ0v) is 12.2. The molecular formula is C16H16N2O5. The van der Waals surface area contributed by atoms with Gasteiger partial charge in [-0.05, 0) is 35.4 Å². The SMILES string of the molecule is O=C(NC(Cc1ccc(O)cc1)C(=O)O)OCc1ccncc1. The standard InChI is InChI=1S/C16H16N2O5/c19-13-3-1-11(2-4-13)9-14(15(20)21)18-16(22)23-10-12-5-7-17-8-6-12/h1-8,14,19H,9-10H2,(H,18,22)(H,20,21). The van der Waals surface area contributed by atoms with E-state index in [1.54, 1.807) is 36.7 Å². The molecule has 0 fully saturated rings. The molecule has 1 heterocycles. The molecule has 0 aliphatic rings. The summed E-state index contributed by atoms with van der Waals surface area (Å²) in [5.41, 5.74) is 1.42. The number of ether oxygens (including phenoxy) is 1. The van der Waals surface area contributed by atoms with Gasteiger partial charge in [0.1, 0.15) is 18.4 Å². The number of carbonyl (C=O) groups is 2. The van der Waals surface area contributed by atoms with Crippen LogP contribution in [0.15, 0.2) is 48.8 Å². The van der Waals surface area contributed by atoms with Crippen LogP contribution in [0.5, 0.6) is 5.75 Å². The van der Waals surface area contributed by atoms with Crippen LogP contribution >= 0.6 is 0 Å². The highest BCUT2D eigenvalue weighted by atomic mass is 16.5. The number of hydrogen-bond acceptors (Lipinski definition) is 5. The number of phenols is 1. The lowest BCUT2D eigenvalue weighted by Gasteiger charge is -2.14. The van der Waals surface area contributed by atoms with Crippen molar-refractivity contribution in [3.05, 3.63) is 59.9 Å². The molecule has 23 heavy (non-hydrogen) atoms. The average Bonchev–Trinajstić information content (AvgIpc) is 2.55. The summed E-state index contributed by atoms with van der Waals surface area (Å²) in [4.78, 5) is 26.8. The van der Waals surface area contributed by atoms with E-state index in [4.69, 9.17) is 4.74 Å². The summed E-state index contributed by atoms with van der Waals surface area (Å²) in [7, 11) is 0. The molecule has 0 spiro atoms. The van der Waals surface area contributed by atoms with Gasteiger partial charge in [0.05, 0.1) is 0 Å². The van der Waals surface area contributed by atoms with E-state index in [9.17, 15) is 19.8 Å². The Morgan fingerprint density at radius 3 is 2.35 bits per heavy atom. The number of carboxylic acids is 1. The summed E-state index contributed by atoms with van der Waals surface area (Å²) >= 11 is 0. The second-order valence-electron chi connectivity index (χ2n) is 4.84. The first-order valence-corrected chi connectivity index (χ1v) is 6.87. The summed E-state index contributed by atoms with van der Waals surface area (Å²) in [6.07, 6.45) is 2.41. The number of nitrogens with one attached hydrogen (secondary N) is 1. The van der Waals surface area contributed by atoms with Crippen LogP contribution in [0.2, 0.25) is 0 Å². The van der Waals surface area contributed by atoms with Crippen molar-refractivity contribution in [3.8, 4) is 5.75 Å². The molecule has 120 valence electrons. The van der Waals surface area contributed by atoms with Crippen molar-refractivity contribution in [1.82, 2.24) is 10.3 Å². The minimum absolute atomic E-state index is 0.0277. The monoisotopic (exact) mass is 316 g/mol. The minimum Gasteiger partial charge on any atom is -0.508 e. The number of amides is 1. The Labute approximate surface area is 132 Å². The third kappa shape index (κ3) is 5.31. The number of rotatable bonds is 6. The van der Waals surface area contributed by atoms with Crippen LogP contribution in [-0.4, -0.2) is 33.3 Å². The maximum atomic E-state index is 11.7. The predicted octanol–water partition coefficient (Wildman–Crippen LogP) is 1.71. The first-order chi connectivity index (χ1) is 11.0. The molecule has 0 bridgehead atoms. The lowest BCUT2D eigenvalue weighted by atomic mass is 10.1. The van der Waals surface area contributed by atoms with Crippen LogP contribution in [0.25, 0.3) is 0 Å². The average molecular weight is 316 g/mol. The lowest BCUT2D eigenvalue weighted by Crippen LogP contribution is -2.42. The van der Waals surface area contributed by atoms with Crippen LogP contribution in [0.3, 0.4) is 0 Å². The van der Waals surface area contributed by atoms with Crippen molar-refractivity contribution < 1.29 is 24.5 Å². The van der Waals surface area contributed by atoms with E-state index in [1.165, 1.54) is 12.1 Å². The normalized spacial score (nSPS) is 11.5. The van der Waals surface area contributed by atoms with E-state index in [-0.39, 0.29) is 18.8 Å². The van der Waals surface area contributed by atoms with Crippen molar-refractivity contribution >= 4 is 12.1 Å². The van der Waals surface area contributed by atoms with E-state index < -0.39 is 18.1 Å². The van der Waals surface area contributed by atoms with Gasteiger partial charge in [-0.2, -0.15) is 0 Å². The summed E-state index contributed by atoms with van der Waals surface area (Å²) < 4.78 is 4.98. The van der Waals surface area contributed by atoms with E-state index in [0.29, 0.717) is 5.56 Å². The highest BCUT2D eigenvalue weighted by Gasteiger charge is 2.21. The summed E-state index contributed by atoms with van der Waals surface area (Å²) in [5.74, 6) is -1.08. The third-order valence-corrected chi connectivity index (χ3v) is 3.09. The number of aromatic hydroxyl groups is 1. The Kier molecular flexibility index (Phi) is 5.51. The van der Waals surface area contributed by atoms with Gasteiger partial charge in [0.25, 0.3) is 0 Å². The van der Waals surface area contributed by atoms with Crippen molar-refractivity contribution in [1.29, 1.82) is 0 Å². The Morgan fingerprint density at radius 1 is 1.09 bits per heavy atom. The van der Waals surface area contributed by atoms with Crippen LogP contribution in [0.1, 0.15) is 11.1 Å². The fourth-order valence-corrected chi connectivity index (χ4v) is 1.88. The topological polar surface area (TPSA) is 109 Å². The zero-order valence-electron chi connectivity index (χ0n) is 12.2. The number of pyridine rings is 1. The van der Waals surface area contributed by atoms with Crippen molar-refractivity contribution in [2.75, 3.05) is 0 Å². The number of carbonyl (C=O) groups excluding carboxylic acids is 1. The van der Waals surface area contributed by atoms with Crippen LogP contribution in [-0.2, 0) is 22.6 Å². The van der Waals surface area contributed by atoms with E-state index in [1.807, 2.05) is 0 Å². The van der Waals surface area contributed by atoms with Gasteiger partial charge in [0.2, 0.25) is 0 Å². The molecule has 0 radical (unpaired) electrons. The fourth-order valence-electron chi connectivity index (χ4n) is 1.88. The molecule has 1 aromatic carbocycles. The smallest absolute Gasteiger partial charge is 0.408 e. The number of alkyl carbamates (subject to hydrolysis) is 1. The number of hydrogen-bond donors (Lipinski definition) is 3. The molecule has 7 heteroatoms. The third-order valence-electron chi connectivity index (χ3n) is 3.09. The number of aromatic nitrogens is 1. The Morgan fingerprint density at radius 2 is 1.74 bits per heavy atom. The van der Waals surface area contributed by atoms with Gasteiger partial charge in [-0.3, -0.25) is 4.98 Å². The first kappa shape index (κ1) is 16.3. The molecular weight excluding hydrogens is 300 g/mol. The molecule has 1 atom stereocenters. The molecule has 1 amide bonds. The van der Waals surface area contributed by atoms with Gasteiger partial charge in [-0.25, -0.2) is 9.59 Å². The molecule has 3 N–H and O–H groups in total. The van der Waals surface area contributed by atoms with E-state index in [2.05, 4.69) is 10.3 Å². The molecule has 7 nitrogen and oxygen atoms in total. The number of carboxylic acid groups (broad SMARTS) is 1. The largest absolute Gasteiger partial charge is 0.508 e. The fraction of sp³-hybridized carbons (Fsp3) is 0.188. The van der Waals surface area contributed by atoms with Gasteiger partial charge >= 0.3 is 12.1 Å². The van der Waals surface area contributed by atoms with E-state index >= 15 is 0 Å². The highest BCUT2D eigenvalue weighted by molar-refractivity contribution is 5.80. The summed E-state index contributed by atoms with van der Waals surface area (Å²) in [6.45, 7) is 0.0277. The second-order valence-corrected chi connectivity index (χ2v) is 4.84. The van der Waals surface area contributed by atoms with Gasteiger partial charge in [-0.1, -0.05) is 12.1 Å². The van der Waals surface area contributed by atoms with Crippen LogP contribution in [0, 0.1) is 0 Å². The van der Waals surface area contributed by atoms with Gasteiger partial charge in [-0.15, -0.1) is 0 Å². The minimum atomic E-state index is -1.17. The Bertz CT molecular complexity index is 658. The van der Waals surface area contributed by atoms with Crippen molar-refractivity contribution in [2.24, 2.45) is 0 Å². The summed E-state index contributed by atoms with van der Waals surface area (Å²) in [6, 6.07) is 8.36. The van der Waals surface area contributed by atoms with Gasteiger partial charge < -0.3 is 20.3 Å². The number of nitrogens with zero attached hydrogens (tertiary/aromatic N) is 1. The Hall–Kier alpha value is -3.09. The summed E-state index contributed by atoms with van der Waals surface area (Å²) in [5, 5.41) is 20.7. The van der Waals surface area contributed by atoms with Crippen LogP contribution in [0.4, 0.5) is 4.79 Å². The van der Waals surface area contributed by atoms with Crippen LogP contribution < -0.4 is 5.32 Å². The lowest BCUT2D eigenvalue weighted by molar-refractivity contribution is -0.139. The number of aliphatic carboxylic acids is 1. The second kappa shape index (κ2) is 7.79. The van der Waals surface area contributed by atoms with Gasteiger partial charge in [0.15, 0.2) is 0 Å². The molecule has 1 unspecified atom stereocenters. The molecule has 1 aromatic heterocycles. The van der Waals surface area contributed by atoms with Crippen molar-refractivity contribution in [3.63, 3.8) is 0 Å². The quantitative estimate of drug-likeness (QED) is 0.748. The van der Waals surface area contributed by atoms with E-state index in [0.717, 1.165) is 5.56 Å². The molecule has 2 aromatic rings. The molecule has 0 aliphatic carbocycles. The van der Waals surface area contributed by atoms with Gasteiger partial charge in [0, 0.05) is 18.8 Å². The molecule has 0 aliphatic heterocycles. The molecule has 0 saturated carbocycles. The number of benzene rings is 1. The molecule has 2 rings (SSSR count). The maximum Gasteiger partial charge on any atom is 0.408 e. The molecule has 0 saturated heterocycles. The van der Waals surface area contributed by atoms with Crippen molar-refractivity contribution in [2.45, 2.75) is 19.1 Å².